The standard InChI is InChI=1S/C17H15ClN2O5/c1-11-2-5-13(8-15(11)20(23)24)17(22)25-10-16(21)19-9-12-3-6-14(18)7-4-12/h2-8H,9-10H2,1H3,(H,19,21). The number of amides is 1. The first-order valence-corrected chi connectivity index (χ1v) is 7.68. The molecule has 0 atom stereocenters. The van der Waals surface area contributed by atoms with E-state index in [1.807, 2.05) is 0 Å². The summed E-state index contributed by atoms with van der Waals surface area (Å²) in [5.41, 5.74) is 1.12. The van der Waals surface area contributed by atoms with E-state index in [0.717, 1.165) is 11.6 Å². The summed E-state index contributed by atoms with van der Waals surface area (Å²) in [6.45, 7) is 1.36. The Morgan fingerprint density at radius 3 is 2.52 bits per heavy atom. The van der Waals surface area contributed by atoms with Gasteiger partial charge in [-0.3, -0.25) is 14.9 Å². The Bertz CT molecular complexity index is 805. The van der Waals surface area contributed by atoms with Crippen molar-refractivity contribution in [2.75, 3.05) is 6.61 Å². The highest BCUT2D eigenvalue weighted by Crippen LogP contribution is 2.19. The number of hydrogen-bond donors (Lipinski definition) is 1. The Morgan fingerprint density at radius 2 is 1.88 bits per heavy atom. The maximum Gasteiger partial charge on any atom is 0.338 e. The number of halogens is 1. The number of aryl methyl sites for hydroxylation is 1. The smallest absolute Gasteiger partial charge is 0.338 e. The van der Waals surface area contributed by atoms with E-state index in [9.17, 15) is 19.7 Å². The largest absolute Gasteiger partial charge is 0.452 e. The van der Waals surface area contributed by atoms with Gasteiger partial charge < -0.3 is 10.1 Å². The topological polar surface area (TPSA) is 98.5 Å². The van der Waals surface area contributed by atoms with E-state index in [1.54, 1.807) is 31.2 Å². The molecule has 8 heteroatoms. The molecule has 0 spiro atoms. The van der Waals surface area contributed by atoms with Crippen molar-refractivity contribution >= 4 is 29.2 Å². The molecule has 0 radical (unpaired) electrons. The van der Waals surface area contributed by atoms with Crippen LogP contribution in [0, 0.1) is 17.0 Å². The zero-order chi connectivity index (χ0) is 18.4. The maximum atomic E-state index is 11.9. The molecule has 2 aromatic rings. The van der Waals surface area contributed by atoms with E-state index >= 15 is 0 Å². The molecule has 25 heavy (non-hydrogen) atoms. The molecule has 0 bridgehead atoms. The highest BCUT2D eigenvalue weighted by molar-refractivity contribution is 6.30. The first-order valence-electron chi connectivity index (χ1n) is 7.30. The Hall–Kier alpha value is -2.93. The monoisotopic (exact) mass is 362 g/mol. The fourth-order valence-electron chi connectivity index (χ4n) is 2.00. The van der Waals surface area contributed by atoms with E-state index in [-0.39, 0.29) is 17.8 Å². The lowest BCUT2D eigenvalue weighted by molar-refractivity contribution is -0.385. The van der Waals surface area contributed by atoms with E-state index < -0.39 is 23.4 Å². The quantitative estimate of drug-likeness (QED) is 0.483. The molecule has 0 aliphatic rings. The number of nitro groups is 1. The van der Waals surface area contributed by atoms with Gasteiger partial charge in [0.2, 0.25) is 0 Å². The Labute approximate surface area is 148 Å². The number of nitrogens with one attached hydrogen (secondary N) is 1. The summed E-state index contributed by atoms with van der Waals surface area (Å²) in [7, 11) is 0. The fraction of sp³-hybridized carbons (Fsp3) is 0.176. The molecule has 0 saturated heterocycles. The third-order valence-electron chi connectivity index (χ3n) is 3.38. The van der Waals surface area contributed by atoms with Crippen molar-refractivity contribution in [2.45, 2.75) is 13.5 Å². The molecule has 2 rings (SSSR count). The average molecular weight is 363 g/mol. The molecule has 130 valence electrons. The highest BCUT2D eigenvalue weighted by atomic mass is 35.5. The summed E-state index contributed by atoms with van der Waals surface area (Å²) < 4.78 is 4.88. The number of nitro benzene ring substituents is 1. The molecule has 0 unspecified atom stereocenters. The van der Waals surface area contributed by atoms with E-state index in [2.05, 4.69) is 5.32 Å². The maximum absolute atomic E-state index is 11.9. The number of nitrogens with zero attached hydrogens (tertiary/aromatic N) is 1. The molecule has 1 N–H and O–H groups in total. The molecule has 0 saturated carbocycles. The molecule has 0 heterocycles. The van der Waals surface area contributed by atoms with Crippen LogP contribution in [0.3, 0.4) is 0 Å². The lowest BCUT2D eigenvalue weighted by Gasteiger charge is -2.07. The minimum Gasteiger partial charge on any atom is -0.452 e. The highest BCUT2D eigenvalue weighted by Gasteiger charge is 2.16. The Morgan fingerprint density at radius 1 is 1.20 bits per heavy atom. The second-order valence-corrected chi connectivity index (χ2v) is 5.67. The van der Waals surface area contributed by atoms with Gasteiger partial charge >= 0.3 is 5.97 Å². The number of hydrogen-bond acceptors (Lipinski definition) is 5. The summed E-state index contributed by atoms with van der Waals surface area (Å²) >= 11 is 5.77. The van der Waals surface area contributed by atoms with Gasteiger partial charge in [-0.2, -0.15) is 0 Å². The van der Waals surface area contributed by atoms with Gasteiger partial charge in [-0.15, -0.1) is 0 Å². The molecule has 0 fully saturated rings. The summed E-state index contributed by atoms with van der Waals surface area (Å²) in [5.74, 6) is -1.28. The minimum atomic E-state index is -0.801. The third kappa shape index (κ3) is 5.29. The second kappa shape index (κ2) is 8.25. The summed E-state index contributed by atoms with van der Waals surface area (Å²) in [4.78, 5) is 33.9. The van der Waals surface area contributed by atoms with E-state index in [0.29, 0.717) is 10.6 Å². The van der Waals surface area contributed by atoms with Crippen LogP contribution in [0.2, 0.25) is 5.02 Å². The second-order valence-electron chi connectivity index (χ2n) is 5.24. The SMILES string of the molecule is Cc1ccc(C(=O)OCC(=O)NCc2ccc(Cl)cc2)cc1[N+](=O)[O-]. The van der Waals surface area contributed by atoms with Crippen LogP contribution >= 0.6 is 11.6 Å². The molecular weight excluding hydrogens is 348 g/mol. The van der Waals surface area contributed by atoms with Crippen LogP contribution in [0.4, 0.5) is 5.69 Å². The van der Waals surface area contributed by atoms with Crippen molar-refractivity contribution < 1.29 is 19.2 Å². The van der Waals surface area contributed by atoms with Gasteiger partial charge in [0.25, 0.3) is 11.6 Å². The average Bonchev–Trinajstić information content (AvgIpc) is 2.59. The number of benzene rings is 2. The third-order valence-corrected chi connectivity index (χ3v) is 3.63. The molecule has 2 aromatic carbocycles. The number of carbonyl (C=O) groups excluding carboxylic acids is 2. The molecule has 0 aliphatic carbocycles. The van der Waals surface area contributed by atoms with Crippen LogP contribution in [-0.2, 0) is 16.1 Å². The zero-order valence-electron chi connectivity index (χ0n) is 13.3. The van der Waals surface area contributed by atoms with Gasteiger partial charge in [-0.05, 0) is 30.7 Å². The molecule has 1 amide bonds. The van der Waals surface area contributed by atoms with Gasteiger partial charge in [0.15, 0.2) is 6.61 Å². The number of carbonyl (C=O) groups is 2. The predicted molar refractivity (Wildman–Crippen MR) is 91.4 cm³/mol. The van der Waals surface area contributed by atoms with Crippen LogP contribution in [0.15, 0.2) is 42.5 Å². The summed E-state index contributed by atoms with van der Waals surface area (Å²) in [5, 5.41) is 14.1. The first kappa shape index (κ1) is 18.4. The minimum absolute atomic E-state index is 0.0165. The lowest BCUT2D eigenvalue weighted by atomic mass is 10.1. The van der Waals surface area contributed by atoms with Crippen LogP contribution in [0.25, 0.3) is 0 Å². The van der Waals surface area contributed by atoms with Crippen molar-refractivity contribution in [3.8, 4) is 0 Å². The predicted octanol–water partition coefficient (Wildman–Crippen LogP) is 3.03. The van der Waals surface area contributed by atoms with Crippen molar-refractivity contribution in [1.29, 1.82) is 0 Å². The summed E-state index contributed by atoms with van der Waals surface area (Å²) in [6.07, 6.45) is 0. The van der Waals surface area contributed by atoms with Gasteiger partial charge in [0.05, 0.1) is 10.5 Å². The summed E-state index contributed by atoms with van der Waals surface area (Å²) in [6, 6.07) is 10.9. The van der Waals surface area contributed by atoms with E-state index in [4.69, 9.17) is 16.3 Å². The number of esters is 1. The van der Waals surface area contributed by atoms with Crippen molar-refractivity contribution in [3.63, 3.8) is 0 Å². The molecular formula is C17H15ClN2O5. The van der Waals surface area contributed by atoms with Crippen LogP contribution < -0.4 is 5.32 Å². The van der Waals surface area contributed by atoms with Crippen molar-refractivity contribution in [2.24, 2.45) is 0 Å². The zero-order valence-corrected chi connectivity index (χ0v) is 14.1. The Balaban J connectivity index is 1.87. The Kier molecular flexibility index (Phi) is 6.08. The first-order chi connectivity index (χ1) is 11.9. The van der Waals surface area contributed by atoms with Crippen molar-refractivity contribution in [3.05, 3.63) is 74.3 Å². The molecule has 7 nitrogen and oxygen atoms in total. The fourth-order valence-corrected chi connectivity index (χ4v) is 2.13. The number of ether oxygens (including phenoxy) is 1. The van der Waals surface area contributed by atoms with Crippen LogP contribution in [-0.4, -0.2) is 23.4 Å². The van der Waals surface area contributed by atoms with Gasteiger partial charge in [-0.1, -0.05) is 29.8 Å². The van der Waals surface area contributed by atoms with Gasteiger partial charge in [-0.25, -0.2) is 4.79 Å². The molecule has 0 aromatic heterocycles. The van der Waals surface area contributed by atoms with Gasteiger partial charge in [0.1, 0.15) is 0 Å². The lowest BCUT2D eigenvalue weighted by Crippen LogP contribution is -2.28. The molecule has 0 aliphatic heterocycles. The number of rotatable bonds is 6. The van der Waals surface area contributed by atoms with Crippen LogP contribution in [0.5, 0.6) is 0 Å². The van der Waals surface area contributed by atoms with Crippen molar-refractivity contribution in [1.82, 2.24) is 5.32 Å². The van der Waals surface area contributed by atoms with E-state index in [1.165, 1.54) is 12.1 Å². The van der Waals surface area contributed by atoms with Gasteiger partial charge in [0, 0.05) is 23.2 Å². The normalized spacial score (nSPS) is 10.2. The van der Waals surface area contributed by atoms with Crippen LogP contribution in [0.1, 0.15) is 21.5 Å².